The first-order valence-electron chi connectivity index (χ1n) is 6.46. The Morgan fingerprint density at radius 2 is 2.06 bits per heavy atom. The molecule has 2 aliphatic carbocycles. The van der Waals surface area contributed by atoms with Crippen molar-refractivity contribution in [2.75, 3.05) is 0 Å². The van der Waals surface area contributed by atoms with Gasteiger partial charge in [0.1, 0.15) is 0 Å². The molecule has 1 heterocycles. The van der Waals surface area contributed by atoms with E-state index >= 15 is 0 Å². The van der Waals surface area contributed by atoms with E-state index in [0.717, 1.165) is 17.2 Å². The number of fused-ring (bicyclic) bond motifs is 1. The quantitative estimate of drug-likeness (QED) is 0.812. The van der Waals surface area contributed by atoms with Crippen LogP contribution in [0.4, 0.5) is 0 Å². The molecule has 1 aromatic heterocycles. The van der Waals surface area contributed by atoms with Gasteiger partial charge < -0.3 is 9.55 Å². The number of benzene rings is 1. The Kier molecular flexibility index (Phi) is 1.88. The first-order valence-corrected chi connectivity index (χ1v) is 6.87. The van der Waals surface area contributed by atoms with Crippen LogP contribution in [0, 0.1) is 16.1 Å². The fourth-order valence-corrected chi connectivity index (χ4v) is 3.40. The highest BCUT2D eigenvalue weighted by Crippen LogP contribution is 2.62. The van der Waals surface area contributed by atoms with Gasteiger partial charge in [0.25, 0.3) is 0 Å². The van der Waals surface area contributed by atoms with Gasteiger partial charge in [-0.25, -0.2) is 0 Å². The molecule has 88 valence electrons. The van der Waals surface area contributed by atoms with Crippen molar-refractivity contribution >= 4 is 23.3 Å². The van der Waals surface area contributed by atoms with Gasteiger partial charge in [-0.3, -0.25) is 0 Å². The van der Waals surface area contributed by atoms with E-state index in [1.807, 2.05) is 0 Å². The summed E-state index contributed by atoms with van der Waals surface area (Å²) in [4.78, 5) is 3.31. The molecule has 0 aliphatic heterocycles. The number of hydrogen-bond acceptors (Lipinski definition) is 1. The number of para-hydroxylation sites is 2. The van der Waals surface area contributed by atoms with Crippen LogP contribution in [0.1, 0.15) is 25.7 Å². The zero-order valence-corrected chi connectivity index (χ0v) is 10.6. The Morgan fingerprint density at radius 3 is 2.76 bits per heavy atom. The largest absolute Gasteiger partial charge is 0.331 e. The minimum atomic E-state index is 0.600. The Balaban J connectivity index is 1.80. The molecule has 4 rings (SSSR count). The van der Waals surface area contributed by atoms with Gasteiger partial charge in [0, 0.05) is 6.54 Å². The van der Waals surface area contributed by atoms with Crippen LogP contribution >= 0.6 is 12.2 Å². The number of imidazole rings is 1. The maximum Gasteiger partial charge on any atom is 0.178 e. The summed E-state index contributed by atoms with van der Waals surface area (Å²) in [5, 5.41) is 0. The van der Waals surface area contributed by atoms with Gasteiger partial charge in [0.05, 0.1) is 11.0 Å². The van der Waals surface area contributed by atoms with Crippen LogP contribution in [0.2, 0.25) is 0 Å². The molecular formula is C14H16N2S. The Labute approximate surface area is 106 Å². The van der Waals surface area contributed by atoms with Gasteiger partial charge in [-0.05, 0) is 61.4 Å². The van der Waals surface area contributed by atoms with E-state index in [1.54, 1.807) is 0 Å². The fraction of sp³-hybridized carbons (Fsp3) is 0.500. The number of nitrogens with one attached hydrogen (secondary N) is 1. The van der Waals surface area contributed by atoms with Crippen molar-refractivity contribution in [3.63, 3.8) is 0 Å². The van der Waals surface area contributed by atoms with Crippen molar-refractivity contribution in [2.24, 2.45) is 11.3 Å². The lowest BCUT2D eigenvalue weighted by Crippen LogP contribution is -2.13. The van der Waals surface area contributed by atoms with E-state index in [9.17, 15) is 0 Å². The maximum atomic E-state index is 5.46. The minimum Gasteiger partial charge on any atom is -0.331 e. The number of aromatic nitrogens is 2. The molecule has 0 amide bonds. The first-order chi connectivity index (χ1) is 8.28. The predicted octanol–water partition coefficient (Wildman–Crippen LogP) is 3.89. The molecule has 0 unspecified atom stereocenters. The molecule has 2 saturated carbocycles. The smallest absolute Gasteiger partial charge is 0.178 e. The van der Waals surface area contributed by atoms with Gasteiger partial charge in [-0.2, -0.15) is 0 Å². The lowest BCUT2D eigenvalue weighted by Gasteiger charge is -2.15. The highest BCUT2D eigenvalue weighted by Gasteiger charge is 2.53. The molecule has 2 aromatic rings. The average Bonchev–Trinajstić information content (AvgIpc) is 3.20. The van der Waals surface area contributed by atoms with Crippen molar-refractivity contribution < 1.29 is 0 Å². The van der Waals surface area contributed by atoms with Crippen molar-refractivity contribution in [1.29, 1.82) is 0 Å². The van der Waals surface area contributed by atoms with Crippen LogP contribution in [0.25, 0.3) is 11.0 Å². The van der Waals surface area contributed by atoms with Crippen LogP contribution in [-0.4, -0.2) is 9.55 Å². The van der Waals surface area contributed by atoms with Crippen LogP contribution in [-0.2, 0) is 6.54 Å². The summed E-state index contributed by atoms with van der Waals surface area (Å²) in [7, 11) is 0. The number of aromatic amines is 1. The third-order valence-electron chi connectivity index (χ3n) is 4.49. The maximum absolute atomic E-state index is 5.46. The molecule has 2 fully saturated rings. The lowest BCUT2D eigenvalue weighted by atomic mass is 10.0. The molecule has 17 heavy (non-hydrogen) atoms. The van der Waals surface area contributed by atoms with Crippen LogP contribution in [0.5, 0.6) is 0 Å². The predicted molar refractivity (Wildman–Crippen MR) is 71.5 cm³/mol. The summed E-state index contributed by atoms with van der Waals surface area (Å²) in [6, 6.07) is 8.44. The fourth-order valence-electron chi connectivity index (χ4n) is 3.13. The molecule has 0 radical (unpaired) electrons. The summed E-state index contributed by atoms with van der Waals surface area (Å²) in [6.45, 7) is 1.13. The zero-order valence-electron chi connectivity index (χ0n) is 9.78. The third kappa shape index (κ3) is 1.48. The SMILES string of the molecule is S=c1[nH]c2ccccc2n1CC1(C2CC2)CC1. The summed E-state index contributed by atoms with van der Waals surface area (Å²) in [6.07, 6.45) is 5.68. The van der Waals surface area contributed by atoms with Gasteiger partial charge in [0.2, 0.25) is 0 Å². The Bertz CT molecular complexity index is 629. The summed E-state index contributed by atoms with van der Waals surface area (Å²) in [5.74, 6) is 0.984. The van der Waals surface area contributed by atoms with Crippen LogP contribution in [0.3, 0.4) is 0 Å². The molecule has 0 atom stereocenters. The van der Waals surface area contributed by atoms with E-state index in [1.165, 1.54) is 36.7 Å². The van der Waals surface area contributed by atoms with E-state index in [-0.39, 0.29) is 0 Å². The van der Waals surface area contributed by atoms with E-state index in [2.05, 4.69) is 33.8 Å². The zero-order chi connectivity index (χ0) is 11.5. The van der Waals surface area contributed by atoms with Crippen molar-refractivity contribution in [3.8, 4) is 0 Å². The second kappa shape index (κ2) is 3.22. The van der Waals surface area contributed by atoms with E-state index in [4.69, 9.17) is 12.2 Å². The number of rotatable bonds is 3. The van der Waals surface area contributed by atoms with Gasteiger partial charge in [-0.15, -0.1) is 0 Å². The molecule has 2 nitrogen and oxygen atoms in total. The van der Waals surface area contributed by atoms with Crippen LogP contribution < -0.4 is 0 Å². The standard InChI is InChI=1S/C14H16N2S/c17-13-15-11-3-1-2-4-12(11)16(13)9-14(7-8-14)10-5-6-10/h1-4,10H,5-9H2,(H,15,17). The highest BCUT2D eigenvalue weighted by atomic mass is 32.1. The molecule has 2 aliphatic rings. The molecule has 0 spiro atoms. The number of H-pyrrole nitrogens is 1. The van der Waals surface area contributed by atoms with E-state index in [0.29, 0.717) is 5.41 Å². The second-order valence-electron chi connectivity index (χ2n) is 5.67. The van der Waals surface area contributed by atoms with Crippen molar-refractivity contribution in [3.05, 3.63) is 29.0 Å². The molecule has 1 aromatic carbocycles. The third-order valence-corrected chi connectivity index (χ3v) is 4.81. The topological polar surface area (TPSA) is 20.7 Å². The summed E-state index contributed by atoms with van der Waals surface area (Å²) < 4.78 is 3.20. The molecule has 0 bridgehead atoms. The van der Waals surface area contributed by atoms with Gasteiger partial charge in [0.15, 0.2) is 4.77 Å². The Hall–Kier alpha value is -1.09. The lowest BCUT2D eigenvalue weighted by molar-refractivity contribution is 0.373. The van der Waals surface area contributed by atoms with Gasteiger partial charge >= 0.3 is 0 Å². The molecular weight excluding hydrogens is 228 g/mol. The monoisotopic (exact) mass is 244 g/mol. The average molecular weight is 244 g/mol. The second-order valence-corrected chi connectivity index (χ2v) is 6.06. The number of nitrogens with zero attached hydrogens (tertiary/aromatic N) is 1. The number of hydrogen-bond donors (Lipinski definition) is 1. The van der Waals surface area contributed by atoms with Gasteiger partial charge in [-0.1, -0.05) is 12.1 Å². The van der Waals surface area contributed by atoms with Crippen molar-refractivity contribution in [2.45, 2.75) is 32.2 Å². The summed E-state index contributed by atoms with van der Waals surface area (Å²) in [5.41, 5.74) is 3.04. The highest BCUT2D eigenvalue weighted by molar-refractivity contribution is 7.71. The first kappa shape index (κ1) is 9.89. The van der Waals surface area contributed by atoms with Crippen LogP contribution in [0.15, 0.2) is 24.3 Å². The molecule has 3 heteroatoms. The van der Waals surface area contributed by atoms with Crippen molar-refractivity contribution in [1.82, 2.24) is 9.55 Å². The molecule has 1 N–H and O–H groups in total. The summed E-state index contributed by atoms with van der Waals surface area (Å²) >= 11 is 5.46. The Morgan fingerprint density at radius 1 is 1.29 bits per heavy atom. The molecule has 0 saturated heterocycles. The van der Waals surface area contributed by atoms with E-state index < -0.39 is 0 Å². The minimum absolute atomic E-state index is 0.600. The normalized spacial score (nSPS) is 21.9.